The Kier molecular flexibility index (Phi) is 3.42. The van der Waals surface area contributed by atoms with Crippen LogP contribution in [-0.4, -0.2) is 29.9 Å². The van der Waals surface area contributed by atoms with Crippen molar-refractivity contribution in [2.24, 2.45) is 0 Å². The summed E-state index contributed by atoms with van der Waals surface area (Å²) in [4.78, 5) is 24.6. The highest BCUT2D eigenvalue weighted by atomic mass is 16.5. The molecule has 4 heteroatoms. The zero-order valence-corrected chi connectivity index (χ0v) is 9.81. The fraction of sp³-hybridized carbons (Fsp3) is 0.385. The minimum absolute atomic E-state index is 0.0527. The van der Waals surface area contributed by atoms with Gasteiger partial charge in [-0.15, -0.1) is 0 Å². The molecule has 0 spiro atoms. The first-order valence-electron chi connectivity index (χ1n) is 5.74. The van der Waals surface area contributed by atoms with E-state index in [1.54, 1.807) is 24.3 Å². The maximum Gasteiger partial charge on any atom is 0.308 e. The molecule has 1 amide bonds. The monoisotopic (exact) mass is 233 g/mol. The van der Waals surface area contributed by atoms with Crippen molar-refractivity contribution in [3.63, 3.8) is 0 Å². The van der Waals surface area contributed by atoms with Gasteiger partial charge in [-0.25, -0.2) is 0 Å². The van der Waals surface area contributed by atoms with Crippen molar-refractivity contribution in [2.75, 3.05) is 13.1 Å². The molecule has 90 valence electrons. The number of esters is 1. The third-order valence-corrected chi connectivity index (χ3v) is 2.76. The number of amides is 1. The molecule has 0 radical (unpaired) electrons. The lowest BCUT2D eigenvalue weighted by molar-refractivity contribution is -0.131. The van der Waals surface area contributed by atoms with Gasteiger partial charge in [0.15, 0.2) is 0 Å². The molecule has 4 nitrogen and oxygen atoms in total. The van der Waals surface area contributed by atoms with Crippen LogP contribution in [-0.2, 0) is 4.79 Å². The first-order valence-corrected chi connectivity index (χ1v) is 5.74. The van der Waals surface area contributed by atoms with Gasteiger partial charge in [0.1, 0.15) is 5.75 Å². The van der Waals surface area contributed by atoms with E-state index in [1.165, 1.54) is 6.92 Å². The number of ether oxygens (including phenoxy) is 1. The van der Waals surface area contributed by atoms with E-state index in [4.69, 9.17) is 4.74 Å². The molecule has 0 atom stereocenters. The second-order valence-corrected chi connectivity index (χ2v) is 4.12. The summed E-state index contributed by atoms with van der Waals surface area (Å²) in [6.07, 6.45) is 2.16. The van der Waals surface area contributed by atoms with Crippen molar-refractivity contribution >= 4 is 11.9 Å². The lowest BCUT2D eigenvalue weighted by atomic mass is 10.2. The van der Waals surface area contributed by atoms with Crippen molar-refractivity contribution in [1.82, 2.24) is 4.90 Å². The number of rotatable bonds is 2. The van der Waals surface area contributed by atoms with Crippen LogP contribution in [0.3, 0.4) is 0 Å². The van der Waals surface area contributed by atoms with Crippen LogP contribution in [0, 0.1) is 0 Å². The molecule has 1 aliphatic heterocycles. The average molecular weight is 233 g/mol. The predicted molar refractivity (Wildman–Crippen MR) is 62.9 cm³/mol. The summed E-state index contributed by atoms with van der Waals surface area (Å²) in [7, 11) is 0. The van der Waals surface area contributed by atoms with Crippen molar-refractivity contribution in [1.29, 1.82) is 0 Å². The molecule has 1 aromatic rings. The summed E-state index contributed by atoms with van der Waals surface area (Å²) in [5.41, 5.74) is 0.641. The number of benzene rings is 1. The minimum Gasteiger partial charge on any atom is -0.427 e. The van der Waals surface area contributed by atoms with Crippen molar-refractivity contribution in [3.8, 4) is 5.75 Å². The Morgan fingerprint density at radius 2 is 1.71 bits per heavy atom. The fourth-order valence-corrected chi connectivity index (χ4v) is 1.93. The summed E-state index contributed by atoms with van der Waals surface area (Å²) in [5, 5.41) is 0. The number of hydrogen-bond donors (Lipinski definition) is 0. The standard InChI is InChI=1S/C13H15NO3/c1-10(15)17-12-6-4-11(5-7-12)13(16)14-8-2-3-9-14/h4-7H,2-3,8-9H2,1H3. The molecule has 0 aliphatic carbocycles. The van der Waals surface area contributed by atoms with Crippen LogP contribution in [0.25, 0.3) is 0 Å². The van der Waals surface area contributed by atoms with Crippen LogP contribution in [0.5, 0.6) is 5.75 Å². The third-order valence-electron chi connectivity index (χ3n) is 2.76. The second kappa shape index (κ2) is 4.99. The van der Waals surface area contributed by atoms with Gasteiger partial charge in [0.2, 0.25) is 0 Å². The van der Waals surface area contributed by atoms with Crippen molar-refractivity contribution < 1.29 is 14.3 Å². The summed E-state index contributed by atoms with van der Waals surface area (Å²) in [5.74, 6) is 0.163. The minimum atomic E-state index is -0.358. The highest BCUT2D eigenvalue weighted by molar-refractivity contribution is 5.94. The van der Waals surface area contributed by atoms with E-state index >= 15 is 0 Å². The molecule has 0 saturated carbocycles. The van der Waals surface area contributed by atoms with Gasteiger partial charge in [-0.3, -0.25) is 9.59 Å². The number of carbonyl (C=O) groups is 2. The topological polar surface area (TPSA) is 46.6 Å². The molecule has 0 bridgehead atoms. The molecular weight excluding hydrogens is 218 g/mol. The smallest absolute Gasteiger partial charge is 0.308 e. The van der Waals surface area contributed by atoms with E-state index in [9.17, 15) is 9.59 Å². The highest BCUT2D eigenvalue weighted by Gasteiger charge is 2.19. The van der Waals surface area contributed by atoms with Crippen LogP contribution in [0.1, 0.15) is 30.1 Å². The molecule has 1 aromatic carbocycles. The van der Waals surface area contributed by atoms with Crippen LogP contribution >= 0.6 is 0 Å². The highest BCUT2D eigenvalue weighted by Crippen LogP contribution is 2.16. The van der Waals surface area contributed by atoms with E-state index in [0.717, 1.165) is 25.9 Å². The largest absolute Gasteiger partial charge is 0.427 e. The average Bonchev–Trinajstić information content (AvgIpc) is 2.82. The normalized spacial score (nSPS) is 14.8. The zero-order chi connectivity index (χ0) is 12.3. The molecule has 1 heterocycles. The summed E-state index contributed by atoms with van der Waals surface area (Å²) >= 11 is 0. The third kappa shape index (κ3) is 2.84. The summed E-state index contributed by atoms with van der Waals surface area (Å²) in [6.45, 7) is 3.03. The molecular formula is C13H15NO3. The Balaban J connectivity index is 2.06. The molecule has 0 N–H and O–H groups in total. The first kappa shape index (κ1) is 11.6. The zero-order valence-electron chi connectivity index (χ0n) is 9.81. The van der Waals surface area contributed by atoms with Crippen LogP contribution in [0.4, 0.5) is 0 Å². The van der Waals surface area contributed by atoms with Crippen molar-refractivity contribution in [3.05, 3.63) is 29.8 Å². The van der Waals surface area contributed by atoms with E-state index in [1.807, 2.05) is 4.90 Å². The van der Waals surface area contributed by atoms with Gasteiger partial charge in [-0.2, -0.15) is 0 Å². The number of nitrogens with zero attached hydrogens (tertiary/aromatic N) is 1. The van der Waals surface area contributed by atoms with Gasteiger partial charge < -0.3 is 9.64 Å². The van der Waals surface area contributed by atoms with Gasteiger partial charge in [0.25, 0.3) is 5.91 Å². The first-order chi connectivity index (χ1) is 8.16. The van der Waals surface area contributed by atoms with Crippen LogP contribution in [0.2, 0.25) is 0 Å². The van der Waals surface area contributed by atoms with Gasteiger partial charge >= 0.3 is 5.97 Å². The molecule has 1 aliphatic rings. The molecule has 0 unspecified atom stereocenters. The molecule has 1 saturated heterocycles. The van der Waals surface area contributed by atoms with Crippen LogP contribution in [0.15, 0.2) is 24.3 Å². The summed E-state index contributed by atoms with van der Waals surface area (Å²) in [6, 6.07) is 6.67. The molecule has 2 rings (SSSR count). The Bertz CT molecular complexity index is 419. The SMILES string of the molecule is CC(=O)Oc1ccc(C(=O)N2CCCC2)cc1. The Labute approximate surface area is 100 Å². The van der Waals surface area contributed by atoms with Crippen LogP contribution < -0.4 is 4.74 Å². The number of likely N-dealkylation sites (tertiary alicyclic amines) is 1. The van der Waals surface area contributed by atoms with E-state index in [-0.39, 0.29) is 11.9 Å². The Hall–Kier alpha value is -1.84. The van der Waals surface area contributed by atoms with Gasteiger partial charge in [-0.05, 0) is 37.1 Å². The Morgan fingerprint density at radius 3 is 2.24 bits per heavy atom. The number of hydrogen-bond acceptors (Lipinski definition) is 3. The van der Waals surface area contributed by atoms with Gasteiger partial charge in [0.05, 0.1) is 0 Å². The van der Waals surface area contributed by atoms with Gasteiger partial charge in [0, 0.05) is 25.6 Å². The van der Waals surface area contributed by atoms with Gasteiger partial charge in [-0.1, -0.05) is 0 Å². The lowest BCUT2D eigenvalue weighted by Crippen LogP contribution is -2.27. The maximum atomic E-state index is 12.0. The predicted octanol–water partition coefficient (Wildman–Crippen LogP) is 1.85. The van der Waals surface area contributed by atoms with Crippen molar-refractivity contribution in [2.45, 2.75) is 19.8 Å². The van der Waals surface area contributed by atoms with E-state index in [0.29, 0.717) is 11.3 Å². The molecule has 0 aromatic heterocycles. The Morgan fingerprint density at radius 1 is 1.12 bits per heavy atom. The van der Waals surface area contributed by atoms with E-state index < -0.39 is 0 Å². The maximum absolute atomic E-state index is 12.0. The van der Waals surface area contributed by atoms with E-state index in [2.05, 4.69) is 0 Å². The molecule has 17 heavy (non-hydrogen) atoms. The fourth-order valence-electron chi connectivity index (χ4n) is 1.93. The number of carbonyl (C=O) groups excluding carboxylic acids is 2. The molecule has 1 fully saturated rings. The quantitative estimate of drug-likeness (QED) is 0.578. The second-order valence-electron chi connectivity index (χ2n) is 4.12. The lowest BCUT2D eigenvalue weighted by Gasteiger charge is -2.15. The summed E-state index contributed by atoms with van der Waals surface area (Å²) < 4.78 is 4.91.